The molecule has 4 rings (SSSR count). The Morgan fingerprint density at radius 2 is 1.42 bits per heavy atom. The van der Waals surface area contributed by atoms with Crippen molar-refractivity contribution in [3.8, 4) is 0 Å². The van der Waals surface area contributed by atoms with Crippen LogP contribution in [0.4, 0.5) is 11.4 Å². The number of amides is 1. The third-order valence-electron chi connectivity index (χ3n) is 4.27. The van der Waals surface area contributed by atoms with Crippen molar-refractivity contribution in [3.05, 3.63) is 69.9 Å². The number of hydrogen-bond acceptors (Lipinski definition) is 9. The molecule has 0 saturated carbocycles. The zero-order valence-electron chi connectivity index (χ0n) is 16.8. The van der Waals surface area contributed by atoms with Crippen molar-refractivity contribution in [2.24, 2.45) is 0 Å². The van der Waals surface area contributed by atoms with Gasteiger partial charge in [-0.15, -0.1) is 34.4 Å². The Labute approximate surface area is 203 Å². The van der Waals surface area contributed by atoms with Crippen LogP contribution in [-0.2, 0) is 20.0 Å². The van der Waals surface area contributed by atoms with Crippen LogP contribution in [0.5, 0.6) is 0 Å². The van der Waals surface area contributed by atoms with Gasteiger partial charge >= 0.3 is 0 Å². The monoisotopic (exact) mass is 542 g/mol. The first-order valence-corrected chi connectivity index (χ1v) is 15.2. The molecular weight excluding hydrogens is 525 g/mol. The van der Waals surface area contributed by atoms with Crippen molar-refractivity contribution < 1.29 is 21.6 Å². The zero-order chi connectivity index (χ0) is 23.5. The first-order valence-electron chi connectivity index (χ1n) is 9.38. The van der Waals surface area contributed by atoms with Crippen LogP contribution in [0.1, 0.15) is 16.8 Å². The highest BCUT2D eigenvalue weighted by Crippen LogP contribution is 2.27. The van der Waals surface area contributed by atoms with Gasteiger partial charge in [0.15, 0.2) is 0 Å². The molecule has 3 aromatic rings. The van der Waals surface area contributed by atoms with Crippen molar-refractivity contribution in [2.45, 2.75) is 14.8 Å². The van der Waals surface area contributed by atoms with E-state index in [1.54, 1.807) is 34.7 Å². The van der Waals surface area contributed by atoms with Crippen LogP contribution in [0.3, 0.4) is 0 Å². The van der Waals surface area contributed by atoms with E-state index >= 15 is 0 Å². The Kier molecular flexibility index (Phi) is 6.99. The molecule has 4 N–H and O–H groups in total. The lowest BCUT2D eigenvalue weighted by molar-refractivity contribution is 0.0938. The minimum absolute atomic E-state index is 0.0376. The number of nitrogens with one attached hydrogen (secondary N) is 4. The van der Waals surface area contributed by atoms with Gasteiger partial charge in [0.25, 0.3) is 26.0 Å². The predicted molar refractivity (Wildman–Crippen MR) is 132 cm³/mol. The molecule has 0 bridgehead atoms. The lowest BCUT2D eigenvalue weighted by Crippen LogP contribution is -2.36. The van der Waals surface area contributed by atoms with Crippen LogP contribution in [0.2, 0.25) is 0 Å². The summed E-state index contributed by atoms with van der Waals surface area (Å²) in [6.07, 6.45) is 0.775. The summed E-state index contributed by atoms with van der Waals surface area (Å²) in [4.78, 5) is 12.7. The first-order chi connectivity index (χ1) is 15.7. The van der Waals surface area contributed by atoms with Gasteiger partial charge in [0.05, 0.1) is 11.4 Å². The quantitative estimate of drug-likeness (QED) is 0.304. The molecule has 0 atom stereocenters. The number of hydrazine groups is 1. The highest BCUT2D eigenvalue weighted by Gasteiger charge is 2.20. The van der Waals surface area contributed by atoms with Crippen molar-refractivity contribution in [2.75, 3.05) is 15.2 Å². The number of hydrogen-bond donors (Lipinski definition) is 4. The number of sulfonamides is 2. The van der Waals surface area contributed by atoms with Gasteiger partial charge < -0.3 is 5.43 Å². The average Bonchev–Trinajstić information content (AvgIpc) is 3.54. The molecule has 9 nitrogen and oxygen atoms in total. The van der Waals surface area contributed by atoms with Gasteiger partial charge in [-0.1, -0.05) is 12.1 Å². The van der Waals surface area contributed by atoms with E-state index in [0.29, 0.717) is 0 Å². The van der Waals surface area contributed by atoms with Crippen LogP contribution < -0.4 is 20.3 Å². The number of allylic oxidation sites excluding steroid dienone is 1. The number of anilines is 2. The van der Waals surface area contributed by atoms with Crippen molar-refractivity contribution in [3.63, 3.8) is 0 Å². The normalized spacial score (nSPS) is 13.9. The first kappa shape index (κ1) is 23.6. The third kappa shape index (κ3) is 5.89. The largest absolute Gasteiger partial charge is 0.302 e. The predicted octanol–water partition coefficient (Wildman–Crippen LogP) is 3.62. The zero-order valence-corrected chi connectivity index (χ0v) is 20.9. The lowest BCUT2D eigenvalue weighted by atomic mass is 10.1. The highest BCUT2D eigenvalue weighted by molar-refractivity contribution is 8.02. The standard InChI is InChI=1S/C19H18N4O5S5/c24-19(21-20-14-5-8-29-12-14)13-9-15(22-32(25,26)17-3-1-6-30-17)11-16(10-13)23-33(27,28)18-4-2-7-31-18/h1-4,6-7,9-12,20,22-23H,5,8H2,(H,21,24). The van der Waals surface area contributed by atoms with Gasteiger partial charge in [-0.2, -0.15) is 0 Å². The second kappa shape index (κ2) is 9.77. The molecule has 1 aromatic carbocycles. The van der Waals surface area contributed by atoms with E-state index in [1.165, 1.54) is 30.3 Å². The maximum absolute atomic E-state index is 12.7. The topological polar surface area (TPSA) is 133 Å². The summed E-state index contributed by atoms with van der Waals surface area (Å²) in [5, 5.41) is 5.15. The maximum Gasteiger partial charge on any atom is 0.271 e. The molecule has 0 fully saturated rings. The van der Waals surface area contributed by atoms with Gasteiger partial charge in [-0.25, -0.2) is 16.8 Å². The number of thioether (sulfide) groups is 1. The number of benzene rings is 1. The fourth-order valence-corrected chi connectivity index (χ4v) is 7.71. The Morgan fingerprint density at radius 1 is 0.848 bits per heavy atom. The molecule has 0 spiro atoms. The molecule has 1 aliphatic heterocycles. The van der Waals surface area contributed by atoms with Crippen molar-refractivity contribution in [1.82, 2.24) is 10.9 Å². The summed E-state index contributed by atoms with van der Waals surface area (Å²) in [6, 6.07) is 10.1. The molecule has 174 valence electrons. The molecule has 0 radical (unpaired) electrons. The van der Waals surface area contributed by atoms with Crippen molar-refractivity contribution in [1.29, 1.82) is 0 Å². The van der Waals surface area contributed by atoms with Gasteiger partial charge in [0.1, 0.15) is 8.42 Å². The van der Waals surface area contributed by atoms with E-state index in [0.717, 1.165) is 40.5 Å². The molecule has 14 heteroatoms. The summed E-state index contributed by atoms with van der Waals surface area (Å²) in [7, 11) is -7.81. The Hall–Kier alpha value is -2.52. The SMILES string of the molecule is O=C(NNC1=CSCC1)c1cc(NS(=O)(=O)c2cccs2)cc(NS(=O)(=O)c2cccs2)c1. The van der Waals surface area contributed by atoms with E-state index in [-0.39, 0.29) is 25.4 Å². The molecule has 0 saturated heterocycles. The lowest BCUT2D eigenvalue weighted by Gasteiger charge is -2.14. The van der Waals surface area contributed by atoms with Crippen LogP contribution in [0.25, 0.3) is 0 Å². The van der Waals surface area contributed by atoms with E-state index in [2.05, 4.69) is 20.3 Å². The maximum atomic E-state index is 12.7. The number of rotatable bonds is 9. The minimum Gasteiger partial charge on any atom is -0.302 e. The molecule has 2 aromatic heterocycles. The average molecular weight is 543 g/mol. The second-order valence-corrected chi connectivity index (χ2v) is 13.4. The van der Waals surface area contributed by atoms with E-state index in [1.807, 2.05) is 5.41 Å². The Morgan fingerprint density at radius 3 is 1.88 bits per heavy atom. The number of carbonyl (C=O) groups excluding carboxylic acids is 1. The summed E-state index contributed by atoms with van der Waals surface area (Å²) < 4.78 is 55.7. The van der Waals surface area contributed by atoms with Crippen LogP contribution >= 0.6 is 34.4 Å². The third-order valence-corrected chi connectivity index (χ3v) is 10.7. The van der Waals surface area contributed by atoms with Gasteiger partial charge in [-0.05, 0) is 52.9 Å². The van der Waals surface area contributed by atoms with Gasteiger partial charge in [0, 0.05) is 17.0 Å². The molecule has 1 aliphatic rings. The second-order valence-electron chi connectivity index (χ2n) is 6.72. The van der Waals surface area contributed by atoms with E-state index < -0.39 is 26.0 Å². The molecule has 0 aliphatic carbocycles. The Balaban J connectivity index is 1.64. The van der Waals surface area contributed by atoms with Crippen LogP contribution in [0, 0.1) is 0 Å². The fraction of sp³-hybridized carbons (Fsp3) is 0.105. The Bertz CT molecular complexity index is 1300. The molecule has 0 unspecified atom stereocenters. The number of carbonyl (C=O) groups is 1. The van der Waals surface area contributed by atoms with Gasteiger partial charge in [0.2, 0.25) is 0 Å². The summed E-state index contributed by atoms with van der Waals surface area (Å²) in [6.45, 7) is 0. The van der Waals surface area contributed by atoms with E-state index in [9.17, 15) is 21.6 Å². The smallest absolute Gasteiger partial charge is 0.271 e. The summed E-state index contributed by atoms with van der Waals surface area (Å²) in [5.74, 6) is 0.355. The highest BCUT2D eigenvalue weighted by atomic mass is 32.3. The molecular formula is C19H18N4O5S5. The molecule has 1 amide bonds. The van der Waals surface area contributed by atoms with Crippen LogP contribution in [-0.4, -0.2) is 28.5 Å². The van der Waals surface area contributed by atoms with Crippen molar-refractivity contribution >= 4 is 71.8 Å². The van der Waals surface area contributed by atoms with E-state index in [4.69, 9.17) is 0 Å². The minimum atomic E-state index is -3.91. The van der Waals surface area contributed by atoms with Crippen LogP contribution in [0.15, 0.2) is 72.7 Å². The summed E-state index contributed by atoms with van der Waals surface area (Å²) >= 11 is 3.69. The summed E-state index contributed by atoms with van der Waals surface area (Å²) in [5.41, 5.74) is 6.37. The van der Waals surface area contributed by atoms with Gasteiger partial charge in [-0.3, -0.25) is 19.7 Å². The molecule has 33 heavy (non-hydrogen) atoms. The fourth-order valence-electron chi connectivity index (χ4n) is 2.81. The number of thiophene rings is 2. The molecule has 3 heterocycles.